The van der Waals surface area contributed by atoms with E-state index in [1.165, 1.54) is 17.6 Å². The Labute approximate surface area is 147 Å². The SMILES string of the molecule is COc1ccc2sc(=NC(=O)C3=COCCO3)n(CCSC)c2c1. The second-order valence-electron chi connectivity index (χ2n) is 4.98. The number of hydrogen-bond donors (Lipinski definition) is 0. The largest absolute Gasteiger partial charge is 0.497 e. The molecule has 0 fully saturated rings. The van der Waals surface area contributed by atoms with Crippen LogP contribution in [0.1, 0.15) is 0 Å². The number of benzene rings is 1. The Hall–Kier alpha value is -1.93. The zero-order valence-corrected chi connectivity index (χ0v) is 15.1. The van der Waals surface area contributed by atoms with Crippen LogP contribution in [-0.4, -0.2) is 42.8 Å². The number of carbonyl (C=O) groups excluding carboxylic acids is 1. The number of thioether (sulfide) groups is 1. The number of aryl methyl sites for hydroxylation is 1. The van der Waals surface area contributed by atoms with Crippen LogP contribution in [0.2, 0.25) is 0 Å². The van der Waals surface area contributed by atoms with Gasteiger partial charge in [0.1, 0.15) is 25.2 Å². The minimum absolute atomic E-state index is 0.146. The first kappa shape index (κ1) is 16.9. The Morgan fingerprint density at radius 3 is 3.04 bits per heavy atom. The third-order valence-electron chi connectivity index (χ3n) is 3.47. The van der Waals surface area contributed by atoms with Crippen molar-refractivity contribution in [1.82, 2.24) is 4.57 Å². The zero-order chi connectivity index (χ0) is 16.9. The fraction of sp³-hybridized carbons (Fsp3) is 0.375. The molecule has 128 valence electrons. The molecular formula is C16H18N2O4S2. The third-order valence-corrected chi connectivity index (χ3v) is 5.12. The second-order valence-corrected chi connectivity index (χ2v) is 6.98. The summed E-state index contributed by atoms with van der Waals surface area (Å²) in [5, 5.41) is 0. The minimum atomic E-state index is -0.425. The fourth-order valence-electron chi connectivity index (χ4n) is 2.28. The zero-order valence-electron chi connectivity index (χ0n) is 13.5. The lowest BCUT2D eigenvalue weighted by Gasteiger charge is -2.12. The van der Waals surface area contributed by atoms with Crippen molar-refractivity contribution in [2.24, 2.45) is 4.99 Å². The molecule has 0 spiro atoms. The van der Waals surface area contributed by atoms with E-state index in [4.69, 9.17) is 14.2 Å². The van der Waals surface area contributed by atoms with Crippen LogP contribution in [0, 0.1) is 0 Å². The van der Waals surface area contributed by atoms with Gasteiger partial charge in [-0.2, -0.15) is 16.8 Å². The maximum atomic E-state index is 12.3. The molecule has 0 N–H and O–H groups in total. The average molecular weight is 366 g/mol. The lowest BCUT2D eigenvalue weighted by atomic mass is 10.3. The molecule has 3 rings (SSSR count). The van der Waals surface area contributed by atoms with Gasteiger partial charge in [-0.25, -0.2) is 0 Å². The third kappa shape index (κ3) is 3.59. The summed E-state index contributed by atoms with van der Waals surface area (Å²) >= 11 is 3.22. The summed E-state index contributed by atoms with van der Waals surface area (Å²) in [5.74, 6) is 1.42. The van der Waals surface area contributed by atoms with Gasteiger partial charge in [0.15, 0.2) is 4.80 Å². The fourth-order valence-corrected chi connectivity index (χ4v) is 3.68. The second kappa shape index (κ2) is 7.76. The first-order valence-electron chi connectivity index (χ1n) is 7.43. The molecule has 8 heteroatoms. The van der Waals surface area contributed by atoms with Crippen LogP contribution in [0.25, 0.3) is 10.2 Å². The molecule has 2 aromatic rings. The number of thiazole rings is 1. The van der Waals surface area contributed by atoms with Crippen LogP contribution in [0.3, 0.4) is 0 Å². The predicted molar refractivity (Wildman–Crippen MR) is 95.3 cm³/mol. The number of hydrogen-bond acceptors (Lipinski definition) is 6. The number of methoxy groups -OCH3 is 1. The van der Waals surface area contributed by atoms with Gasteiger partial charge in [0.25, 0.3) is 0 Å². The molecule has 0 bridgehead atoms. The van der Waals surface area contributed by atoms with Crippen LogP contribution < -0.4 is 9.54 Å². The van der Waals surface area contributed by atoms with Crippen molar-refractivity contribution in [2.45, 2.75) is 6.54 Å². The van der Waals surface area contributed by atoms with Crippen LogP contribution >= 0.6 is 23.1 Å². The summed E-state index contributed by atoms with van der Waals surface area (Å²) in [7, 11) is 1.64. The Balaban J connectivity index is 2.06. The molecule has 0 unspecified atom stereocenters. The van der Waals surface area contributed by atoms with Crippen molar-refractivity contribution in [3.05, 3.63) is 35.0 Å². The number of rotatable bonds is 5. The van der Waals surface area contributed by atoms with Gasteiger partial charge in [0, 0.05) is 18.4 Å². The molecule has 0 saturated heterocycles. The van der Waals surface area contributed by atoms with Crippen LogP contribution in [0.15, 0.2) is 35.2 Å². The minimum Gasteiger partial charge on any atom is -0.497 e. The number of aromatic nitrogens is 1. The summed E-state index contributed by atoms with van der Waals surface area (Å²) in [6.07, 6.45) is 3.38. The van der Waals surface area contributed by atoms with E-state index in [0.29, 0.717) is 18.0 Å². The van der Waals surface area contributed by atoms with Gasteiger partial charge in [-0.05, 0) is 18.4 Å². The number of fused-ring (bicyclic) bond motifs is 1. The first-order chi connectivity index (χ1) is 11.7. The molecule has 2 heterocycles. The van der Waals surface area contributed by atoms with Gasteiger partial charge < -0.3 is 18.8 Å². The summed E-state index contributed by atoms with van der Waals surface area (Å²) in [6, 6.07) is 5.86. The van der Waals surface area contributed by atoms with E-state index < -0.39 is 5.91 Å². The average Bonchev–Trinajstić information content (AvgIpc) is 2.96. The molecular weight excluding hydrogens is 348 g/mol. The molecule has 1 aromatic carbocycles. The molecule has 1 aromatic heterocycles. The molecule has 0 saturated carbocycles. The topological polar surface area (TPSA) is 62.1 Å². The van der Waals surface area contributed by atoms with Crippen LogP contribution in [0.4, 0.5) is 0 Å². The normalized spacial score (nSPS) is 14.9. The monoisotopic (exact) mass is 366 g/mol. The Morgan fingerprint density at radius 2 is 2.33 bits per heavy atom. The Kier molecular flexibility index (Phi) is 5.47. The molecule has 0 atom stereocenters. The highest BCUT2D eigenvalue weighted by Crippen LogP contribution is 2.23. The molecule has 1 amide bonds. The lowest BCUT2D eigenvalue weighted by Crippen LogP contribution is -2.20. The van der Waals surface area contributed by atoms with Crippen molar-refractivity contribution < 1.29 is 19.0 Å². The summed E-state index contributed by atoms with van der Waals surface area (Å²) < 4.78 is 18.8. The van der Waals surface area contributed by atoms with Crippen LogP contribution in [0.5, 0.6) is 5.75 Å². The van der Waals surface area contributed by atoms with Crippen molar-refractivity contribution in [2.75, 3.05) is 32.3 Å². The standard InChI is InChI=1S/C16H18N2O4S2/c1-20-11-3-4-14-12(9-11)18(5-8-23-2)16(24-14)17-15(19)13-10-21-6-7-22-13/h3-4,9-10H,5-8H2,1-2H3. The van der Waals surface area contributed by atoms with E-state index in [9.17, 15) is 4.79 Å². The highest BCUT2D eigenvalue weighted by Gasteiger charge is 2.15. The van der Waals surface area contributed by atoms with Crippen molar-refractivity contribution >= 4 is 39.2 Å². The van der Waals surface area contributed by atoms with Crippen molar-refractivity contribution in [3.8, 4) is 5.75 Å². The quantitative estimate of drug-likeness (QED) is 0.813. The van der Waals surface area contributed by atoms with E-state index in [0.717, 1.165) is 28.3 Å². The maximum Gasteiger partial charge on any atom is 0.317 e. The van der Waals surface area contributed by atoms with E-state index in [1.807, 2.05) is 22.8 Å². The predicted octanol–water partition coefficient (Wildman–Crippen LogP) is 2.39. The lowest BCUT2D eigenvalue weighted by molar-refractivity contribution is -0.119. The molecule has 24 heavy (non-hydrogen) atoms. The summed E-state index contributed by atoms with van der Waals surface area (Å²) in [4.78, 5) is 17.2. The van der Waals surface area contributed by atoms with Gasteiger partial charge in [-0.15, -0.1) is 0 Å². The Bertz CT molecular complexity index is 838. The van der Waals surface area contributed by atoms with Gasteiger partial charge in [-0.1, -0.05) is 11.3 Å². The van der Waals surface area contributed by atoms with Gasteiger partial charge in [0.05, 0.1) is 17.3 Å². The van der Waals surface area contributed by atoms with E-state index >= 15 is 0 Å². The Morgan fingerprint density at radius 1 is 1.46 bits per heavy atom. The molecule has 1 aliphatic rings. The molecule has 1 aliphatic heterocycles. The van der Waals surface area contributed by atoms with Crippen molar-refractivity contribution in [1.29, 1.82) is 0 Å². The summed E-state index contributed by atoms with van der Waals surface area (Å²) in [5.41, 5.74) is 1.01. The smallest absolute Gasteiger partial charge is 0.317 e. The molecule has 6 nitrogen and oxygen atoms in total. The maximum absolute atomic E-state index is 12.3. The molecule has 0 aliphatic carbocycles. The highest BCUT2D eigenvalue weighted by molar-refractivity contribution is 7.98. The highest BCUT2D eigenvalue weighted by atomic mass is 32.2. The van der Waals surface area contributed by atoms with Gasteiger partial charge in [-0.3, -0.25) is 4.79 Å². The number of carbonyl (C=O) groups is 1. The number of ether oxygens (including phenoxy) is 3. The van der Waals surface area contributed by atoms with E-state index in [-0.39, 0.29) is 5.76 Å². The number of amides is 1. The molecule has 0 radical (unpaired) electrons. The first-order valence-corrected chi connectivity index (χ1v) is 9.64. The van der Waals surface area contributed by atoms with Crippen molar-refractivity contribution in [3.63, 3.8) is 0 Å². The summed E-state index contributed by atoms with van der Waals surface area (Å²) in [6.45, 7) is 1.58. The number of nitrogens with zero attached hydrogens (tertiary/aromatic N) is 2. The van der Waals surface area contributed by atoms with Gasteiger partial charge >= 0.3 is 5.91 Å². The van der Waals surface area contributed by atoms with E-state index in [1.54, 1.807) is 18.9 Å². The van der Waals surface area contributed by atoms with Gasteiger partial charge in [0.2, 0.25) is 5.76 Å². The van der Waals surface area contributed by atoms with E-state index in [2.05, 4.69) is 11.2 Å². The van der Waals surface area contributed by atoms with Crippen LogP contribution in [-0.2, 0) is 20.8 Å².